The smallest absolute Gasteiger partial charge is 0.0718 e. The molecular formula is C15H17BrN2O. The molecule has 2 N–H and O–H groups in total. The quantitative estimate of drug-likeness (QED) is 0.653. The molecule has 0 fully saturated rings. The molecule has 4 heteroatoms. The Bertz CT molecular complexity index is 497. The number of ether oxygens (including phenoxy) is 1. The zero-order chi connectivity index (χ0) is 13.5. The van der Waals surface area contributed by atoms with Gasteiger partial charge < -0.3 is 10.5 Å². The molecule has 0 saturated heterocycles. The molecule has 0 amide bonds. The molecule has 3 nitrogen and oxygen atoms in total. The second-order valence-corrected chi connectivity index (χ2v) is 5.32. The SMILES string of the molecule is Nc1cc(Br)cc(COCCCc2ccncc2)c1. The van der Waals surface area contributed by atoms with Crippen molar-refractivity contribution < 1.29 is 4.74 Å². The van der Waals surface area contributed by atoms with E-state index >= 15 is 0 Å². The molecule has 0 bridgehead atoms. The first kappa shape index (κ1) is 14.0. The van der Waals surface area contributed by atoms with Crippen molar-refractivity contribution in [2.24, 2.45) is 0 Å². The van der Waals surface area contributed by atoms with Gasteiger partial charge in [0.15, 0.2) is 0 Å². The lowest BCUT2D eigenvalue weighted by Crippen LogP contribution is -1.98. The number of halogens is 1. The predicted molar refractivity (Wildman–Crippen MR) is 80.8 cm³/mol. The Kier molecular flexibility index (Phi) is 5.36. The van der Waals surface area contributed by atoms with Gasteiger partial charge in [0.1, 0.15) is 0 Å². The Morgan fingerprint density at radius 3 is 2.63 bits per heavy atom. The minimum Gasteiger partial charge on any atom is -0.399 e. The third-order valence-electron chi connectivity index (χ3n) is 2.75. The van der Waals surface area contributed by atoms with Gasteiger partial charge >= 0.3 is 0 Å². The second kappa shape index (κ2) is 7.26. The van der Waals surface area contributed by atoms with Gasteiger partial charge in [0.25, 0.3) is 0 Å². The number of benzene rings is 1. The maximum absolute atomic E-state index is 5.77. The van der Waals surface area contributed by atoms with Gasteiger partial charge in [-0.3, -0.25) is 4.98 Å². The van der Waals surface area contributed by atoms with Crippen molar-refractivity contribution in [1.29, 1.82) is 0 Å². The van der Waals surface area contributed by atoms with Crippen LogP contribution in [0.4, 0.5) is 5.69 Å². The second-order valence-electron chi connectivity index (χ2n) is 4.40. The van der Waals surface area contributed by atoms with Crippen LogP contribution in [0.3, 0.4) is 0 Å². The largest absolute Gasteiger partial charge is 0.399 e. The maximum Gasteiger partial charge on any atom is 0.0718 e. The number of nitrogens with zero attached hydrogens (tertiary/aromatic N) is 1. The molecule has 1 aromatic heterocycles. The van der Waals surface area contributed by atoms with Crippen molar-refractivity contribution in [3.8, 4) is 0 Å². The van der Waals surface area contributed by atoms with E-state index in [9.17, 15) is 0 Å². The number of aryl methyl sites for hydroxylation is 1. The van der Waals surface area contributed by atoms with E-state index in [2.05, 4.69) is 20.9 Å². The van der Waals surface area contributed by atoms with Gasteiger partial charge in [-0.15, -0.1) is 0 Å². The average Bonchev–Trinajstić information content (AvgIpc) is 2.38. The summed E-state index contributed by atoms with van der Waals surface area (Å²) in [5.74, 6) is 0. The molecule has 1 heterocycles. The van der Waals surface area contributed by atoms with E-state index in [4.69, 9.17) is 10.5 Å². The van der Waals surface area contributed by atoms with Crippen LogP contribution in [0.1, 0.15) is 17.5 Å². The molecule has 0 spiro atoms. The van der Waals surface area contributed by atoms with Crippen molar-refractivity contribution in [2.45, 2.75) is 19.4 Å². The summed E-state index contributed by atoms with van der Waals surface area (Å²) in [5, 5.41) is 0. The molecule has 0 aliphatic heterocycles. The van der Waals surface area contributed by atoms with Crippen LogP contribution >= 0.6 is 15.9 Å². The summed E-state index contributed by atoms with van der Waals surface area (Å²) < 4.78 is 6.65. The molecule has 100 valence electrons. The van der Waals surface area contributed by atoms with Crippen LogP contribution in [-0.2, 0) is 17.8 Å². The van der Waals surface area contributed by atoms with Crippen molar-refractivity contribution in [3.63, 3.8) is 0 Å². The van der Waals surface area contributed by atoms with Crippen molar-refractivity contribution in [2.75, 3.05) is 12.3 Å². The number of hydrogen-bond acceptors (Lipinski definition) is 3. The van der Waals surface area contributed by atoms with Crippen LogP contribution in [0, 0.1) is 0 Å². The van der Waals surface area contributed by atoms with Gasteiger partial charge in [0.2, 0.25) is 0 Å². The van der Waals surface area contributed by atoms with Gasteiger partial charge in [-0.1, -0.05) is 15.9 Å². The Morgan fingerprint density at radius 2 is 1.89 bits per heavy atom. The highest BCUT2D eigenvalue weighted by Gasteiger charge is 1.98. The molecule has 19 heavy (non-hydrogen) atoms. The van der Waals surface area contributed by atoms with E-state index < -0.39 is 0 Å². The summed E-state index contributed by atoms with van der Waals surface area (Å²) in [6, 6.07) is 9.92. The van der Waals surface area contributed by atoms with E-state index in [1.165, 1.54) is 5.56 Å². The Morgan fingerprint density at radius 1 is 1.11 bits per heavy atom. The van der Waals surface area contributed by atoms with Gasteiger partial charge in [-0.25, -0.2) is 0 Å². The number of nitrogen functional groups attached to an aromatic ring is 1. The molecule has 0 aliphatic rings. The molecule has 0 radical (unpaired) electrons. The lowest BCUT2D eigenvalue weighted by atomic mass is 10.1. The molecule has 0 aliphatic carbocycles. The van der Waals surface area contributed by atoms with Crippen molar-refractivity contribution in [1.82, 2.24) is 4.98 Å². The van der Waals surface area contributed by atoms with Crippen molar-refractivity contribution in [3.05, 3.63) is 58.3 Å². The number of nitrogens with two attached hydrogens (primary N) is 1. The summed E-state index contributed by atoms with van der Waals surface area (Å²) in [7, 11) is 0. The minimum atomic E-state index is 0.597. The first-order valence-electron chi connectivity index (χ1n) is 6.25. The fraction of sp³-hybridized carbons (Fsp3) is 0.267. The fourth-order valence-corrected chi connectivity index (χ4v) is 2.43. The van der Waals surface area contributed by atoms with Crippen LogP contribution in [-0.4, -0.2) is 11.6 Å². The Labute approximate surface area is 121 Å². The lowest BCUT2D eigenvalue weighted by molar-refractivity contribution is 0.118. The highest BCUT2D eigenvalue weighted by Crippen LogP contribution is 2.17. The molecule has 1 aromatic carbocycles. The summed E-state index contributed by atoms with van der Waals surface area (Å²) in [4.78, 5) is 4.00. The topological polar surface area (TPSA) is 48.1 Å². The lowest BCUT2D eigenvalue weighted by Gasteiger charge is -2.06. The number of anilines is 1. The monoisotopic (exact) mass is 320 g/mol. The molecule has 0 saturated carbocycles. The van der Waals surface area contributed by atoms with Crippen LogP contribution in [0.15, 0.2) is 47.2 Å². The van der Waals surface area contributed by atoms with E-state index in [1.54, 1.807) is 0 Å². The van der Waals surface area contributed by atoms with E-state index in [1.807, 2.05) is 42.7 Å². The number of rotatable bonds is 6. The third-order valence-corrected chi connectivity index (χ3v) is 3.21. The van der Waals surface area contributed by atoms with Gasteiger partial charge in [-0.05, 0) is 54.3 Å². The van der Waals surface area contributed by atoms with Gasteiger partial charge in [0, 0.05) is 29.2 Å². The maximum atomic E-state index is 5.77. The highest BCUT2D eigenvalue weighted by atomic mass is 79.9. The third kappa shape index (κ3) is 5.01. The van der Waals surface area contributed by atoms with Crippen LogP contribution < -0.4 is 5.73 Å². The fourth-order valence-electron chi connectivity index (χ4n) is 1.88. The van der Waals surface area contributed by atoms with E-state index in [-0.39, 0.29) is 0 Å². The van der Waals surface area contributed by atoms with Gasteiger partial charge in [0.05, 0.1) is 6.61 Å². The van der Waals surface area contributed by atoms with Crippen LogP contribution in [0.25, 0.3) is 0 Å². The molecular weight excluding hydrogens is 304 g/mol. The van der Waals surface area contributed by atoms with E-state index in [0.717, 1.165) is 35.2 Å². The number of hydrogen-bond donors (Lipinski definition) is 1. The summed E-state index contributed by atoms with van der Waals surface area (Å²) in [6.07, 6.45) is 5.66. The summed E-state index contributed by atoms with van der Waals surface area (Å²) in [6.45, 7) is 1.34. The Balaban J connectivity index is 1.69. The molecule has 0 atom stereocenters. The summed E-state index contributed by atoms with van der Waals surface area (Å²) in [5.41, 5.74) is 8.92. The minimum absolute atomic E-state index is 0.597. The summed E-state index contributed by atoms with van der Waals surface area (Å²) >= 11 is 3.42. The first-order chi connectivity index (χ1) is 9.24. The Hall–Kier alpha value is -1.39. The molecule has 2 rings (SSSR count). The standard InChI is InChI=1S/C15H17BrN2O/c16-14-8-13(9-15(17)10-14)11-19-7-1-2-12-3-5-18-6-4-12/h3-6,8-10H,1-2,7,11,17H2. The first-order valence-corrected chi connectivity index (χ1v) is 7.05. The van der Waals surface area contributed by atoms with Crippen molar-refractivity contribution >= 4 is 21.6 Å². The zero-order valence-electron chi connectivity index (χ0n) is 10.7. The van der Waals surface area contributed by atoms with Crippen LogP contribution in [0.2, 0.25) is 0 Å². The molecule has 0 unspecified atom stereocenters. The number of aromatic nitrogens is 1. The zero-order valence-corrected chi connectivity index (χ0v) is 12.3. The molecule has 2 aromatic rings. The van der Waals surface area contributed by atoms with E-state index in [0.29, 0.717) is 6.61 Å². The predicted octanol–water partition coefficient (Wildman–Crippen LogP) is 3.58. The normalized spacial score (nSPS) is 10.6. The average molecular weight is 321 g/mol. The van der Waals surface area contributed by atoms with Gasteiger partial charge in [-0.2, -0.15) is 0 Å². The van der Waals surface area contributed by atoms with Crippen LogP contribution in [0.5, 0.6) is 0 Å². The highest BCUT2D eigenvalue weighted by molar-refractivity contribution is 9.10. The number of pyridine rings is 1.